The summed E-state index contributed by atoms with van der Waals surface area (Å²) in [5, 5.41) is 19.0. The monoisotopic (exact) mass is 459 g/mol. The first-order valence-corrected chi connectivity index (χ1v) is 10.5. The molecule has 0 spiro atoms. The SMILES string of the molecule is CN(Cc1c(C(=O)NN=Cc2cc(F)ccc2F)nnn1-c1nonc1N)C1CCCCC1. The van der Waals surface area contributed by atoms with Gasteiger partial charge in [0.05, 0.1) is 11.9 Å². The lowest BCUT2D eigenvalue weighted by Gasteiger charge is -2.31. The van der Waals surface area contributed by atoms with Gasteiger partial charge in [-0.1, -0.05) is 24.5 Å². The Labute approximate surface area is 187 Å². The quantitative estimate of drug-likeness (QED) is 0.404. The summed E-state index contributed by atoms with van der Waals surface area (Å²) in [5.74, 6) is -1.88. The van der Waals surface area contributed by atoms with Gasteiger partial charge in [-0.15, -0.1) is 5.10 Å². The summed E-state index contributed by atoms with van der Waals surface area (Å²) in [6, 6.07) is 3.27. The molecule has 3 N–H and O–H groups in total. The maximum atomic E-state index is 13.8. The van der Waals surface area contributed by atoms with Gasteiger partial charge in [0, 0.05) is 18.2 Å². The molecule has 0 unspecified atom stereocenters. The van der Waals surface area contributed by atoms with E-state index < -0.39 is 17.5 Å². The topological polar surface area (TPSA) is 140 Å². The smallest absolute Gasteiger partial charge is 0.293 e. The van der Waals surface area contributed by atoms with Crippen molar-refractivity contribution in [3.05, 3.63) is 46.8 Å². The third-order valence-electron chi connectivity index (χ3n) is 5.60. The second-order valence-corrected chi connectivity index (χ2v) is 7.84. The number of amides is 1. The number of anilines is 1. The lowest BCUT2D eigenvalue weighted by atomic mass is 9.94. The highest BCUT2D eigenvalue weighted by Crippen LogP contribution is 2.24. The number of carbonyl (C=O) groups is 1. The van der Waals surface area contributed by atoms with Crippen molar-refractivity contribution in [3.8, 4) is 5.82 Å². The number of nitrogens with zero attached hydrogens (tertiary/aromatic N) is 7. The number of hydrazone groups is 1. The van der Waals surface area contributed by atoms with Gasteiger partial charge < -0.3 is 5.73 Å². The van der Waals surface area contributed by atoms with Gasteiger partial charge in [0.2, 0.25) is 11.6 Å². The molecule has 0 aliphatic heterocycles. The zero-order valence-electron chi connectivity index (χ0n) is 17.9. The standard InChI is InChI=1S/C20H23F2N9O2/c1-30(14-5-3-2-4-6-14)11-16-17(25-29-31(16)19-18(23)27-33-28-19)20(32)26-24-10-12-9-13(21)7-8-15(12)22/h7-10,14H,2-6,11H2,1H3,(H2,23,27)(H,26,32). The van der Waals surface area contributed by atoms with E-state index in [1.807, 2.05) is 7.05 Å². The van der Waals surface area contributed by atoms with Crippen LogP contribution in [0.1, 0.15) is 53.8 Å². The number of hydrogen-bond donors (Lipinski definition) is 2. The molecular weight excluding hydrogens is 436 g/mol. The van der Waals surface area contributed by atoms with Crippen molar-refractivity contribution >= 4 is 17.9 Å². The van der Waals surface area contributed by atoms with E-state index in [0.29, 0.717) is 18.3 Å². The Bertz CT molecular complexity index is 1150. The molecule has 0 bridgehead atoms. The predicted octanol–water partition coefficient (Wildman–Crippen LogP) is 2.04. The molecular formula is C20H23F2N9O2. The van der Waals surface area contributed by atoms with E-state index in [1.165, 1.54) is 11.1 Å². The number of nitrogens with one attached hydrogen (secondary N) is 1. The van der Waals surface area contributed by atoms with Crippen molar-refractivity contribution < 1.29 is 18.2 Å². The fourth-order valence-electron chi connectivity index (χ4n) is 3.84. The third kappa shape index (κ3) is 5.03. The second kappa shape index (κ2) is 9.81. The Morgan fingerprint density at radius 1 is 1.33 bits per heavy atom. The van der Waals surface area contributed by atoms with E-state index in [1.54, 1.807) is 0 Å². The maximum Gasteiger partial charge on any atom is 0.293 e. The van der Waals surface area contributed by atoms with Crippen molar-refractivity contribution in [3.63, 3.8) is 0 Å². The van der Waals surface area contributed by atoms with Crippen molar-refractivity contribution in [1.29, 1.82) is 0 Å². The summed E-state index contributed by atoms with van der Waals surface area (Å²) < 4.78 is 33.1. The van der Waals surface area contributed by atoms with Crippen molar-refractivity contribution in [2.24, 2.45) is 5.10 Å². The normalized spacial score (nSPS) is 14.9. The Hall–Kier alpha value is -3.74. The number of nitrogens with two attached hydrogens (primary N) is 1. The number of halogens is 2. The molecule has 33 heavy (non-hydrogen) atoms. The number of hydrogen-bond acceptors (Lipinski definition) is 9. The van der Waals surface area contributed by atoms with Crippen molar-refractivity contribution in [2.75, 3.05) is 12.8 Å². The summed E-state index contributed by atoms with van der Waals surface area (Å²) in [7, 11) is 1.96. The first-order valence-electron chi connectivity index (χ1n) is 10.5. The highest BCUT2D eigenvalue weighted by atomic mass is 19.1. The number of aromatic nitrogens is 5. The van der Waals surface area contributed by atoms with Gasteiger partial charge in [0.1, 0.15) is 11.6 Å². The fraction of sp³-hybridized carbons (Fsp3) is 0.400. The minimum atomic E-state index is -0.684. The highest BCUT2D eigenvalue weighted by Gasteiger charge is 2.27. The molecule has 4 rings (SSSR count). The van der Waals surface area contributed by atoms with Gasteiger partial charge in [0.25, 0.3) is 5.91 Å². The van der Waals surface area contributed by atoms with Gasteiger partial charge >= 0.3 is 0 Å². The maximum absolute atomic E-state index is 13.8. The molecule has 13 heteroatoms. The summed E-state index contributed by atoms with van der Waals surface area (Å²) in [4.78, 5) is 14.9. The summed E-state index contributed by atoms with van der Waals surface area (Å²) in [6.07, 6.45) is 6.61. The minimum absolute atomic E-state index is 0.00646. The fourth-order valence-corrected chi connectivity index (χ4v) is 3.84. The van der Waals surface area contributed by atoms with Crippen LogP contribution in [0.4, 0.5) is 14.6 Å². The van der Waals surface area contributed by atoms with E-state index in [0.717, 1.165) is 50.1 Å². The molecule has 3 aromatic rings. The summed E-state index contributed by atoms with van der Waals surface area (Å²) in [5.41, 5.74) is 8.37. The number of benzene rings is 1. The van der Waals surface area contributed by atoms with Crippen LogP contribution >= 0.6 is 0 Å². The first-order chi connectivity index (χ1) is 15.9. The van der Waals surface area contributed by atoms with Gasteiger partial charge in [-0.3, -0.25) is 9.69 Å². The van der Waals surface area contributed by atoms with Crippen LogP contribution in [0.25, 0.3) is 5.82 Å². The molecule has 1 amide bonds. The van der Waals surface area contributed by atoms with Gasteiger partial charge in [0.15, 0.2) is 5.69 Å². The largest absolute Gasteiger partial charge is 0.378 e. The van der Waals surface area contributed by atoms with Gasteiger partial charge in [-0.25, -0.2) is 18.8 Å². The zero-order valence-corrected chi connectivity index (χ0v) is 17.9. The van der Waals surface area contributed by atoms with Crippen LogP contribution in [-0.4, -0.2) is 55.4 Å². The molecule has 174 valence electrons. The Balaban J connectivity index is 1.58. The van der Waals surface area contributed by atoms with E-state index >= 15 is 0 Å². The van der Waals surface area contributed by atoms with E-state index in [2.05, 4.69) is 40.7 Å². The number of rotatable bonds is 7. The van der Waals surface area contributed by atoms with Crippen LogP contribution in [0.15, 0.2) is 27.9 Å². The third-order valence-corrected chi connectivity index (χ3v) is 5.60. The average Bonchev–Trinajstić information content (AvgIpc) is 3.42. The Morgan fingerprint density at radius 2 is 2.12 bits per heavy atom. The molecule has 1 aliphatic rings. The highest BCUT2D eigenvalue weighted by molar-refractivity contribution is 5.94. The Morgan fingerprint density at radius 3 is 2.85 bits per heavy atom. The van der Waals surface area contributed by atoms with Crippen LogP contribution in [0, 0.1) is 11.6 Å². The second-order valence-electron chi connectivity index (χ2n) is 7.84. The summed E-state index contributed by atoms with van der Waals surface area (Å²) in [6.45, 7) is 0.328. The van der Waals surface area contributed by atoms with Gasteiger partial charge in [-0.05, 0) is 48.4 Å². The van der Waals surface area contributed by atoms with Crippen LogP contribution in [0.3, 0.4) is 0 Å². The molecule has 11 nitrogen and oxygen atoms in total. The predicted molar refractivity (Wildman–Crippen MR) is 113 cm³/mol. The molecule has 0 radical (unpaired) electrons. The Kier molecular flexibility index (Phi) is 6.68. The van der Waals surface area contributed by atoms with E-state index in [9.17, 15) is 13.6 Å². The first kappa shape index (κ1) is 22.5. The minimum Gasteiger partial charge on any atom is -0.378 e. The average molecular weight is 459 g/mol. The lowest BCUT2D eigenvalue weighted by molar-refractivity contribution is 0.0947. The molecule has 2 heterocycles. The lowest BCUT2D eigenvalue weighted by Crippen LogP contribution is -2.34. The van der Waals surface area contributed by atoms with Crippen molar-refractivity contribution in [2.45, 2.75) is 44.7 Å². The number of nitrogen functional groups attached to an aromatic ring is 1. The zero-order chi connectivity index (χ0) is 23.4. The molecule has 0 atom stereocenters. The molecule has 2 aromatic heterocycles. The van der Waals surface area contributed by atoms with Crippen LogP contribution in [0.2, 0.25) is 0 Å². The van der Waals surface area contributed by atoms with Gasteiger partial charge in [-0.2, -0.15) is 9.78 Å². The summed E-state index contributed by atoms with van der Waals surface area (Å²) >= 11 is 0. The van der Waals surface area contributed by atoms with Crippen molar-refractivity contribution in [1.82, 2.24) is 35.6 Å². The van der Waals surface area contributed by atoms with Crippen LogP contribution < -0.4 is 11.2 Å². The van der Waals surface area contributed by atoms with Crippen LogP contribution in [-0.2, 0) is 6.54 Å². The number of carbonyl (C=O) groups excluding carboxylic acids is 1. The van der Waals surface area contributed by atoms with E-state index in [4.69, 9.17) is 5.73 Å². The molecule has 0 saturated heterocycles. The van der Waals surface area contributed by atoms with Crippen LogP contribution in [0.5, 0.6) is 0 Å². The molecule has 1 aromatic carbocycles. The van der Waals surface area contributed by atoms with E-state index in [-0.39, 0.29) is 22.9 Å². The molecule has 1 fully saturated rings. The molecule has 1 saturated carbocycles. The molecule has 1 aliphatic carbocycles.